The lowest BCUT2D eigenvalue weighted by atomic mass is 9.42. The fraction of sp³-hybridized carbons (Fsp3) is 0.781. The van der Waals surface area contributed by atoms with Crippen molar-refractivity contribution in [1.29, 1.82) is 0 Å². The second-order valence-corrected chi connectivity index (χ2v) is 13.9. The Labute approximate surface area is 252 Å². The second kappa shape index (κ2) is 9.91. The molecule has 7 bridgehead atoms. The van der Waals surface area contributed by atoms with E-state index in [0.717, 1.165) is 0 Å². The number of nitrogens with zero attached hydrogens (tertiary/aromatic N) is 1. The number of hydrogen-bond acceptors (Lipinski definition) is 11. The molecule has 5 unspecified atom stereocenters. The summed E-state index contributed by atoms with van der Waals surface area (Å²) in [5.74, 6) is -2.94. The number of rotatable bonds is 8. The summed E-state index contributed by atoms with van der Waals surface area (Å²) < 4.78 is 30.5. The lowest BCUT2D eigenvalue weighted by Gasteiger charge is -2.70. The van der Waals surface area contributed by atoms with Gasteiger partial charge in [-0.3, -0.25) is 4.90 Å². The van der Waals surface area contributed by atoms with E-state index in [0.29, 0.717) is 25.1 Å². The van der Waals surface area contributed by atoms with Crippen molar-refractivity contribution >= 4 is 5.97 Å². The van der Waals surface area contributed by atoms with Gasteiger partial charge in [-0.15, -0.1) is 0 Å². The van der Waals surface area contributed by atoms with Crippen molar-refractivity contribution in [3.8, 4) is 0 Å². The zero-order chi connectivity index (χ0) is 30.7. The molecule has 0 radical (unpaired) electrons. The third-order valence-electron chi connectivity index (χ3n) is 12.9. The molecule has 1 aromatic rings. The molecule has 1 aromatic carbocycles. The first-order chi connectivity index (χ1) is 20.6. The van der Waals surface area contributed by atoms with Crippen molar-refractivity contribution in [2.75, 3.05) is 48.1 Å². The zero-order valence-electron chi connectivity index (χ0n) is 25.5. The Kier molecular flexibility index (Phi) is 6.92. The topological polar surface area (TPSA) is 147 Å². The van der Waals surface area contributed by atoms with Crippen LogP contribution in [0, 0.1) is 34.5 Å². The van der Waals surface area contributed by atoms with Gasteiger partial charge in [0.1, 0.15) is 29.5 Å². The minimum Gasteiger partial charge on any atom is -0.455 e. The molecule has 0 aromatic heterocycles. The molecule has 5 saturated carbocycles. The van der Waals surface area contributed by atoms with Gasteiger partial charge in [0.25, 0.3) is 0 Å². The van der Waals surface area contributed by atoms with Crippen LogP contribution in [-0.4, -0.2) is 133 Å². The molecule has 0 amide bonds. The van der Waals surface area contributed by atoms with Crippen LogP contribution < -0.4 is 0 Å². The molecule has 1 spiro atoms. The van der Waals surface area contributed by atoms with E-state index < -0.39 is 82.4 Å². The standard InChI is InChI=1S/C32H45NO10/c1-6-33-14-29(15-39-2)18(34)12-19(40-3)31-17-13-30(37)26(43-28(36)16-10-8-7-9-11-16)20(17)32(38,25(35)27(30)42-5)21(24(31)33)22(41-4)23(29)31/h7-11,17-27,34-35,37-38H,6,12-15H2,1-5H3/t17?,18-,19+,20-,21?,22?,23?,24-,25+,26-,27+,29+,30?,31+,32-/m1/s1. The van der Waals surface area contributed by atoms with Crippen LogP contribution in [0.25, 0.3) is 0 Å². The van der Waals surface area contributed by atoms with E-state index in [9.17, 15) is 25.2 Å². The average Bonchev–Trinajstić information content (AvgIpc) is 3.39. The first-order valence-electron chi connectivity index (χ1n) is 15.5. The van der Waals surface area contributed by atoms with Crippen LogP contribution in [-0.2, 0) is 23.7 Å². The highest BCUT2D eigenvalue weighted by atomic mass is 16.6. The quantitative estimate of drug-likeness (QED) is 0.300. The average molecular weight is 604 g/mol. The van der Waals surface area contributed by atoms with Gasteiger partial charge in [-0.2, -0.15) is 0 Å². The molecule has 7 rings (SSSR count). The first-order valence-corrected chi connectivity index (χ1v) is 15.5. The predicted octanol–water partition coefficient (Wildman–Crippen LogP) is 0.0773. The molecule has 15 atom stereocenters. The highest BCUT2D eigenvalue weighted by Gasteiger charge is 2.91. The molecule has 11 nitrogen and oxygen atoms in total. The number of carbonyl (C=O) groups excluding carboxylic acids is 1. The zero-order valence-corrected chi connectivity index (χ0v) is 25.5. The first kappa shape index (κ1) is 30.0. The van der Waals surface area contributed by atoms with Gasteiger partial charge in [0.05, 0.1) is 30.5 Å². The molecular weight excluding hydrogens is 558 g/mol. The van der Waals surface area contributed by atoms with E-state index in [1.807, 2.05) is 0 Å². The van der Waals surface area contributed by atoms with Crippen LogP contribution in [0.1, 0.15) is 30.1 Å². The van der Waals surface area contributed by atoms with E-state index in [-0.39, 0.29) is 25.0 Å². The number of ether oxygens (including phenoxy) is 5. The normalized spacial score (nSPS) is 52.7. The van der Waals surface area contributed by atoms with Crippen LogP contribution in [0.2, 0.25) is 0 Å². The lowest BCUT2D eigenvalue weighted by Crippen LogP contribution is -2.81. The Morgan fingerprint density at radius 1 is 1.00 bits per heavy atom. The van der Waals surface area contributed by atoms with E-state index in [1.54, 1.807) is 51.7 Å². The Morgan fingerprint density at radius 2 is 1.72 bits per heavy atom. The number of methoxy groups -OCH3 is 4. The summed E-state index contributed by atoms with van der Waals surface area (Å²) in [6, 6.07) is 8.25. The third-order valence-corrected chi connectivity index (χ3v) is 12.9. The highest BCUT2D eigenvalue weighted by molar-refractivity contribution is 5.89. The highest BCUT2D eigenvalue weighted by Crippen LogP contribution is 2.80. The molecule has 4 N–H and O–H groups in total. The Morgan fingerprint density at radius 3 is 2.33 bits per heavy atom. The van der Waals surface area contributed by atoms with Crippen molar-refractivity contribution in [1.82, 2.24) is 4.90 Å². The maximum absolute atomic E-state index is 13.6. The number of fused-ring (bicyclic) bond motifs is 2. The van der Waals surface area contributed by atoms with Crippen LogP contribution in [0.3, 0.4) is 0 Å². The molecule has 43 heavy (non-hydrogen) atoms. The van der Waals surface area contributed by atoms with Crippen molar-refractivity contribution in [2.45, 2.75) is 73.6 Å². The molecule has 5 aliphatic carbocycles. The number of aliphatic hydroxyl groups excluding tert-OH is 2. The molecule has 1 saturated heterocycles. The van der Waals surface area contributed by atoms with Crippen molar-refractivity contribution in [3.63, 3.8) is 0 Å². The van der Waals surface area contributed by atoms with Gasteiger partial charge < -0.3 is 44.1 Å². The number of hydrogen-bond donors (Lipinski definition) is 4. The van der Waals surface area contributed by atoms with Crippen molar-refractivity contribution < 1.29 is 48.9 Å². The number of carbonyl (C=O) groups is 1. The summed E-state index contributed by atoms with van der Waals surface area (Å²) in [6.45, 7) is 3.46. The Bertz CT molecular complexity index is 1250. The molecular formula is C32H45NO10. The molecule has 6 fully saturated rings. The number of benzene rings is 1. The summed E-state index contributed by atoms with van der Waals surface area (Å²) in [6.07, 6.45) is -5.27. The molecule has 238 valence electrons. The third kappa shape index (κ3) is 3.28. The van der Waals surface area contributed by atoms with Gasteiger partial charge in [0.15, 0.2) is 0 Å². The largest absolute Gasteiger partial charge is 0.455 e. The SMILES string of the molecule is CCN1C[C@@]2(COC)C3C(OC)C4[C@@H]1[C@@]3(C1CC3(O)[C@H](OC(=O)c5ccccc5)[C@@H]1[C@]4(O)[C@@H](O)[C@@H]3OC)[C@@H](OC)C[C@H]2O. The maximum Gasteiger partial charge on any atom is 0.338 e. The van der Waals surface area contributed by atoms with Gasteiger partial charge in [-0.25, -0.2) is 4.79 Å². The number of piperidine rings is 1. The smallest absolute Gasteiger partial charge is 0.338 e. The maximum atomic E-state index is 13.6. The molecule has 6 aliphatic rings. The van der Waals surface area contributed by atoms with Crippen molar-refractivity contribution in [3.05, 3.63) is 35.9 Å². The van der Waals surface area contributed by atoms with Gasteiger partial charge in [0, 0.05) is 76.0 Å². The second-order valence-electron chi connectivity index (χ2n) is 13.9. The summed E-state index contributed by atoms with van der Waals surface area (Å²) in [7, 11) is 6.29. The molecule has 1 heterocycles. The number of likely N-dealkylation sites (tertiary alicyclic amines) is 1. The van der Waals surface area contributed by atoms with Gasteiger partial charge in [-0.1, -0.05) is 25.1 Å². The summed E-state index contributed by atoms with van der Waals surface area (Å²) in [5, 5.41) is 49.7. The number of aliphatic hydroxyl groups is 4. The Balaban J connectivity index is 1.48. The summed E-state index contributed by atoms with van der Waals surface area (Å²) in [5.41, 5.74) is -4.81. The van der Waals surface area contributed by atoms with E-state index >= 15 is 0 Å². The van der Waals surface area contributed by atoms with Crippen LogP contribution in [0.4, 0.5) is 0 Å². The van der Waals surface area contributed by atoms with E-state index in [1.165, 1.54) is 7.11 Å². The summed E-state index contributed by atoms with van der Waals surface area (Å²) in [4.78, 5) is 15.8. The minimum atomic E-state index is -1.86. The van der Waals surface area contributed by atoms with Crippen LogP contribution >= 0.6 is 0 Å². The minimum absolute atomic E-state index is 0.106. The predicted molar refractivity (Wildman–Crippen MR) is 151 cm³/mol. The van der Waals surface area contributed by atoms with E-state index in [4.69, 9.17) is 23.7 Å². The van der Waals surface area contributed by atoms with Gasteiger partial charge in [0.2, 0.25) is 0 Å². The van der Waals surface area contributed by atoms with E-state index in [2.05, 4.69) is 11.8 Å². The van der Waals surface area contributed by atoms with Crippen LogP contribution in [0.5, 0.6) is 0 Å². The van der Waals surface area contributed by atoms with Gasteiger partial charge >= 0.3 is 5.97 Å². The molecule has 1 aliphatic heterocycles. The Hall–Kier alpha value is -1.67. The number of esters is 1. The monoisotopic (exact) mass is 603 g/mol. The fourth-order valence-electron chi connectivity index (χ4n) is 11.9. The van der Waals surface area contributed by atoms with Crippen LogP contribution in [0.15, 0.2) is 30.3 Å². The summed E-state index contributed by atoms with van der Waals surface area (Å²) >= 11 is 0. The fourth-order valence-corrected chi connectivity index (χ4v) is 11.9. The molecule has 11 heteroatoms. The lowest BCUT2D eigenvalue weighted by molar-refractivity contribution is -0.320. The van der Waals surface area contributed by atoms with Gasteiger partial charge in [-0.05, 0) is 31.0 Å². The van der Waals surface area contributed by atoms with Crippen molar-refractivity contribution in [2.24, 2.45) is 34.5 Å².